The smallest absolute Gasteiger partial charge is 0.124 e. The van der Waals surface area contributed by atoms with Crippen molar-refractivity contribution in [1.82, 2.24) is 0 Å². The summed E-state index contributed by atoms with van der Waals surface area (Å²) in [6, 6.07) is 19.0. The highest BCUT2D eigenvalue weighted by molar-refractivity contribution is 5.48. The van der Waals surface area contributed by atoms with Gasteiger partial charge < -0.3 is 25.1 Å². The van der Waals surface area contributed by atoms with Crippen LogP contribution in [0.4, 0.5) is 11.4 Å². The molecule has 0 heterocycles. The highest BCUT2D eigenvalue weighted by atomic mass is 16.3. The van der Waals surface area contributed by atoms with Gasteiger partial charge in [0.1, 0.15) is 12.5 Å². The molecule has 2 aromatic carbocycles. The van der Waals surface area contributed by atoms with E-state index in [0.29, 0.717) is 0 Å². The summed E-state index contributed by atoms with van der Waals surface area (Å²) in [6.45, 7) is 3.86. The predicted octanol–water partition coefficient (Wildman–Crippen LogP) is 2.04. The average Bonchev–Trinajstić information content (AvgIpc) is 2.58. The van der Waals surface area contributed by atoms with Gasteiger partial charge in [-0.25, -0.2) is 0 Å². The maximum absolute atomic E-state index is 10.5. The van der Waals surface area contributed by atoms with Gasteiger partial charge in [0.05, 0.1) is 6.10 Å². The van der Waals surface area contributed by atoms with E-state index in [9.17, 15) is 15.3 Å². The molecule has 0 fully saturated rings. The molecule has 24 heavy (non-hydrogen) atoms. The fraction of sp³-hybridized carbons (Fsp3) is 0.368. The summed E-state index contributed by atoms with van der Waals surface area (Å²) in [5, 5.41) is 30.6. The molecule has 0 aliphatic heterocycles. The molecule has 0 aliphatic rings. The number of anilines is 2. The van der Waals surface area contributed by atoms with Crippen LogP contribution in [0.15, 0.2) is 60.7 Å². The van der Waals surface area contributed by atoms with Gasteiger partial charge in [0, 0.05) is 24.5 Å². The molecule has 0 radical (unpaired) electrons. The summed E-state index contributed by atoms with van der Waals surface area (Å²) in [4.78, 5) is 3.46. The Balaban J connectivity index is 2.08. The highest BCUT2D eigenvalue weighted by Gasteiger charge is 2.21. The summed E-state index contributed by atoms with van der Waals surface area (Å²) >= 11 is 0. The molecule has 2 unspecified atom stereocenters. The van der Waals surface area contributed by atoms with E-state index < -0.39 is 18.6 Å². The number of benzene rings is 2. The van der Waals surface area contributed by atoms with Gasteiger partial charge in [-0.3, -0.25) is 0 Å². The van der Waals surface area contributed by atoms with Gasteiger partial charge >= 0.3 is 0 Å². The van der Waals surface area contributed by atoms with Crippen molar-refractivity contribution in [2.45, 2.75) is 32.4 Å². The lowest BCUT2D eigenvalue weighted by Gasteiger charge is -2.34. The van der Waals surface area contributed by atoms with Gasteiger partial charge in [0.25, 0.3) is 0 Å². The molecular weight excluding hydrogens is 304 g/mol. The summed E-state index contributed by atoms with van der Waals surface area (Å²) in [6.07, 6.45) is -2.19. The topological polar surface area (TPSA) is 67.2 Å². The second kappa shape index (κ2) is 8.68. The number of aliphatic hydroxyl groups excluding tert-OH is 3. The summed E-state index contributed by atoms with van der Waals surface area (Å²) in [5.74, 6) is 0. The largest absolute Gasteiger partial charge is 0.389 e. The van der Waals surface area contributed by atoms with Crippen molar-refractivity contribution in [1.29, 1.82) is 0 Å². The fourth-order valence-electron chi connectivity index (χ4n) is 2.70. The highest BCUT2D eigenvalue weighted by Crippen LogP contribution is 2.19. The lowest BCUT2D eigenvalue weighted by molar-refractivity contribution is 0.126. The maximum atomic E-state index is 10.5. The Labute approximate surface area is 143 Å². The zero-order valence-corrected chi connectivity index (χ0v) is 14.2. The first-order valence-corrected chi connectivity index (χ1v) is 8.16. The summed E-state index contributed by atoms with van der Waals surface area (Å²) in [7, 11) is 0. The number of para-hydroxylation sites is 2. The van der Waals surface area contributed by atoms with Crippen LogP contribution in [0.5, 0.6) is 0 Å². The summed E-state index contributed by atoms with van der Waals surface area (Å²) in [5.41, 5.74) is 1.68. The van der Waals surface area contributed by atoms with E-state index in [4.69, 9.17) is 0 Å². The van der Waals surface area contributed by atoms with Crippen LogP contribution in [0.25, 0.3) is 0 Å². The average molecular weight is 330 g/mol. The lowest BCUT2D eigenvalue weighted by atomic mass is 10.2. The Morgan fingerprint density at radius 1 is 0.667 bits per heavy atom. The number of hydrogen-bond acceptors (Lipinski definition) is 5. The van der Waals surface area contributed by atoms with Gasteiger partial charge in [-0.15, -0.1) is 0 Å². The molecule has 5 nitrogen and oxygen atoms in total. The molecule has 130 valence electrons. The van der Waals surface area contributed by atoms with Crippen molar-refractivity contribution in [2.24, 2.45) is 0 Å². The third-order valence-corrected chi connectivity index (χ3v) is 3.89. The monoisotopic (exact) mass is 330 g/mol. The van der Waals surface area contributed by atoms with E-state index in [1.165, 1.54) is 0 Å². The second-order valence-corrected chi connectivity index (χ2v) is 5.89. The molecule has 0 saturated heterocycles. The summed E-state index contributed by atoms with van der Waals surface area (Å²) < 4.78 is 0. The van der Waals surface area contributed by atoms with Crippen LogP contribution in [0, 0.1) is 0 Å². The maximum Gasteiger partial charge on any atom is 0.124 e. The van der Waals surface area contributed by atoms with E-state index in [-0.39, 0.29) is 13.1 Å². The van der Waals surface area contributed by atoms with Crippen LogP contribution in [0.1, 0.15) is 13.8 Å². The fourth-order valence-corrected chi connectivity index (χ4v) is 2.70. The number of aliphatic hydroxyl groups is 3. The Kier molecular flexibility index (Phi) is 6.61. The van der Waals surface area contributed by atoms with Crippen LogP contribution in [-0.2, 0) is 0 Å². The van der Waals surface area contributed by atoms with Crippen LogP contribution < -0.4 is 9.80 Å². The van der Waals surface area contributed by atoms with E-state index in [2.05, 4.69) is 0 Å². The third kappa shape index (κ3) is 4.96. The van der Waals surface area contributed by atoms with Gasteiger partial charge in [-0.2, -0.15) is 0 Å². The molecule has 0 aromatic heterocycles. The molecule has 0 bridgehead atoms. The molecule has 2 rings (SSSR count). The second-order valence-electron chi connectivity index (χ2n) is 5.89. The van der Waals surface area contributed by atoms with E-state index in [1.54, 1.807) is 23.6 Å². The van der Waals surface area contributed by atoms with Crippen molar-refractivity contribution in [2.75, 3.05) is 22.9 Å². The molecule has 3 N–H and O–H groups in total. The minimum absolute atomic E-state index is 0.262. The quantitative estimate of drug-likeness (QED) is 0.646. The lowest BCUT2D eigenvalue weighted by Crippen LogP contribution is -2.46. The Hall–Kier alpha value is -2.08. The third-order valence-electron chi connectivity index (χ3n) is 3.89. The minimum Gasteiger partial charge on any atom is -0.389 e. The van der Waals surface area contributed by atoms with Crippen molar-refractivity contribution in [3.63, 3.8) is 0 Å². The van der Waals surface area contributed by atoms with E-state index in [1.807, 2.05) is 60.7 Å². The molecule has 0 amide bonds. The molecule has 5 heteroatoms. The predicted molar refractivity (Wildman–Crippen MR) is 96.9 cm³/mol. The zero-order chi connectivity index (χ0) is 17.5. The SMILES string of the molecule is CC(O)N(CC(O)CN(c1ccccc1)C(C)O)c1ccccc1. The molecule has 0 aliphatic carbocycles. The van der Waals surface area contributed by atoms with Crippen LogP contribution in [0.3, 0.4) is 0 Å². The molecule has 2 aromatic rings. The number of nitrogens with zero attached hydrogens (tertiary/aromatic N) is 2. The first-order chi connectivity index (χ1) is 11.5. The molecule has 0 spiro atoms. The molecule has 0 saturated carbocycles. The van der Waals surface area contributed by atoms with Crippen LogP contribution in [0.2, 0.25) is 0 Å². The molecular formula is C19H26N2O3. The van der Waals surface area contributed by atoms with E-state index in [0.717, 1.165) is 11.4 Å². The Morgan fingerprint density at radius 2 is 1.00 bits per heavy atom. The normalized spacial score (nSPS) is 14.7. The number of rotatable bonds is 8. The zero-order valence-electron chi connectivity index (χ0n) is 14.2. The van der Waals surface area contributed by atoms with Gasteiger partial charge in [-0.1, -0.05) is 36.4 Å². The first-order valence-electron chi connectivity index (χ1n) is 8.16. The standard InChI is InChI=1S/C19H26N2O3/c1-15(22)20(17-9-5-3-6-10-17)13-19(24)14-21(16(2)23)18-11-7-4-8-12-18/h3-12,15-16,19,22-24H,13-14H2,1-2H3. The minimum atomic E-state index is -0.741. The van der Waals surface area contributed by atoms with Gasteiger partial charge in [0.2, 0.25) is 0 Å². The van der Waals surface area contributed by atoms with Gasteiger partial charge in [0.15, 0.2) is 0 Å². The van der Waals surface area contributed by atoms with Crippen molar-refractivity contribution in [3.8, 4) is 0 Å². The van der Waals surface area contributed by atoms with Crippen molar-refractivity contribution < 1.29 is 15.3 Å². The first kappa shape index (κ1) is 18.3. The van der Waals surface area contributed by atoms with E-state index >= 15 is 0 Å². The van der Waals surface area contributed by atoms with Crippen LogP contribution in [-0.4, -0.2) is 47.0 Å². The molecule has 2 atom stereocenters. The van der Waals surface area contributed by atoms with Crippen molar-refractivity contribution >= 4 is 11.4 Å². The Bertz CT molecular complexity index is 537. The van der Waals surface area contributed by atoms with Gasteiger partial charge in [-0.05, 0) is 38.1 Å². The van der Waals surface area contributed by atoms with Crippen LogP contribution >= 0.6 is 0 Å². The number of hydrogen-bond donors (Lipinski definition) is 3. The van der Waals surface area contributed by atoms with Crippen molar-refractivity contribution in [3.05, 3.63) is 60.7 Å². The Morgan fingerprint density at radius 3 is 1.29 bits per heavy atom.